The van der Waals surface area contributed by atoms with Crippen LogP contribution in [0.3, 0.4) is 0 Å². The molecule has 25 heavy (non-hydrogen) atoms. The van der Waals surface area contributed by atoms with Gasteiger partial charge in [-0.25, -0.2) is 0 Å². The smallest absolute Gasteiger partial charge is 0.263 e. The number of nitrogens with zero attached hydrogens (tertiary/aromatic N) is 2. The predicted molar refractivity (Wildman–Crippen MR) is 105 cm³/mol. The lowest BCUT2D eigenvalue weighted by molar-refractivity contribution is 0.0793. The number of hydrogen-bond donors (Lipinski definition) is 0. The van der Waals surface area contributed by atoms with Gasteiger partial charge >= 0.3 is 0 Å². The highest BCUT2D eigenvalue weighted by atomic mass is 32.2. The highest BCUT2D eigenvalue weighted by molar-refractivity contribution is 7.99. The Hall–Kier alpha value is -2.01. The van der Waals surface area contributed by atoms with Gasteiger partial charge in [-0.1, -0.05) is 17.7 Å². The van der Waals surface area contributed by atoms with Crippen LogP contribution in [-0.2, 0) is 6.54 Å². The average molecular weight is 359 g/mol. The Balaban J connectivity index is 1.90. The van der Waals surface area contributed by atoms with E-state index >= 15 is 0 Å². The number of pyridine rings is 1. The second-order valence-electron chi connectivity index (χ2n) is 6.18. The third kappa shape index (κ3) is 4.98. The Kier molecular flexibility index (Phi) is 6.88. The van der Waals surface area contributed by atoms with Crippen molar-refractivity contribution in [2.45, 2.75) is 38.6 Å². The van der Waals surface area contributed by atoms with Crippen molar-refractivity contribution >= 4 is 17.7 Å². The first-order valence-corrected chi connectivity index (χ1v) is 9.58. The van der Waals surface area contributed by atoms with E-state index in [0.717, 1.165) is 17.9 Å². The summed E-state index contributed by atoms with van der Waals surface area (Å²) >= 11 is 1.79. The van der Waals surface area contributed by atoms with Crippen molar-refractivity contribution in [3.8, 4) is 0 Å². The van der Waals surface area contributed by atoms with Gasteiger partial charge in [-0.05, 0) is 57.2 Å². The summed E-state index contributed by atoms with van der Waals surface area (Å²) in [4.78, 5) is 27.9. The SMILES string of the molecule is CCn1c(C)ccc(C(=O)N(C)CCCSc2ccc(C)cc2)c1=O. The molecule has 0 unspecified atom stereocenters. The van der Waals surface area contributed by atoms with Crippen LogP contribution in [0.4, 0.5) is 0 Å². The molecule has 0 spiro atoms. The molecule has 134 valence electrons. The summed E-state index contributed by atoms with van der Waals surface area (Å²) in [5.41, 5.74) is 2.18. The molecule has 5 heteroatoms. The topological polar surface area (TPSA) is 42.3 Å². The Labute approximate surface area is 153 Å². The van der Waals surface area contributed by atoms with Gasteiger partial charge in [0, 0.05) is 30.7 Å². The maximum atomic E-state index is 12.6. The summed E-state index contributed by atoms with van der Waals surface area (Å²) in [6, 6.07) is 11.9. The molecule has 4 nitrogen and oxygen atoms in total. The van der Waals surface area contributed by atoms with E-state index in [1.165, 1.54) is 10.5 Å². The first-order valence-electron chi connectivity index (χ1n) is 8.59. The number of rotatable bonds is 7. The van der Waals surface area contributed by atoms with E-state index in [4.69, 9.17) is 0 Å². The van der Waals surface area contributed by atoms with E-state index < -0.39 is 0 Å². The molecule has 0 aliphatic heterocycles. The van der Waals surface area contributed by atoms with Crippen LogP contribution in [-0.4, -0.2) is 34.7 Å². The molecule has 1 amide bonds. The number of aromatic nitrogens is 1. The summed E-state index contributed by atoms with van der Waals surface area (Å²) in [5, 5.41) is 0. The predicted octanol–water partition coefficient (Wildman–Crippen LogP) is 3.74. The Morgan fingerprint density at radius 3 is 2.44 bits per heavy atom. The lowest BCUT2D eigenvalue weighted by atomic mass is 10.2. The minimum Gasteiger partial charge on any atom is -0.342 e. The van der Waals surface area contributed by atoms with Crippen LogP contribution in [0, 0.1) is 13.8 Å². The van der Waals surface area contributed by atoms with Crippen molar-refractivity contribution in [1.82, 2.24) is 9.47 Å². The zero-order valence-electron chi connectivity index (χ0n) is 15.4. The van der Waals surface area contributed by atoms with E-state index in [-0.39, 0.29) is 17.0 Å². The zero-order chi connectivity index (χ0) is 18.4. The minimum absolute atomic E-state index is 0.201. The lowest BCUT2D eigenvalue weighted by Gasteiger charge is -2.18. The molecular weight excluding hydrogens is 332 g/mol. The maximum Gasteiger partial charge on any atom is 0.263 e. The molecular formula is C20H26N2O2S. The van der Waals surface area contributed by atoms with Crippen molar-refractivity contribution in [1.29, 1.82) is 0 Å². The Morgan fingerprint density at radius 1 is 1.12 bits per heavy atom. The molecule has 2 aromatic rings. The van der Waals surface area contributed by atoms with Gasteiger partial charge in [-0.3, -0.25) is 9.59 Å². The lowest BCUT2D eigenvalue weighted by Crippen LogP contribution is -2.35. The van der Waals surface area contributed by atoms with Gasteiger partial charge in [0.25, 0.3) is 11.5 Å². The molecule has 2 rings (SSSR count). The zero-order valence-corrected chi connectivity index (χ0v) is 16.2. The number of thioether (sulfide) groups is 1. The van der Waals surface area contributed by atoms with Crippen LogP contribution < -0.4 is 5.56 Å². The molecule has 0 radical (unpaired) electrons. The Morgan fingerprint density at radius 2 is 1.80 bits per heavy atom. The number of amides is 1. The summed E-state index contributed by atoms with van der Waals surface area (Å²) in [6.45, 7) is 7.08. The van der Waals surface area contributed by atoms with E-state index in [2.05, 4.69) is 31.2 Å². The standard InChI is InChI=1S/C20H26N2O2S/c1-5-22-16(3)9-12-18(20(22)24)19(23)21(4)13-6-14-25-17-10-7-15(2)8-11-17/h7-12H,5-6,13-14H2,1-4H3. The fraction of sp³-hybridized carbons (Fsp3) is 0.400. The quantitative estimate of drug-likeness (QED) is 0.559. The maximum absolute atomic E-state index is 12.6. The summed E-state index contributed by atoms with van der Waals surface area (Å²) in [7, 11) is 1.76. The molecule has 1 aromatic carbocycles. The van der Waals surface area contributed by atoms with E-state index in [0.29, 0.717) is 13.1 Å². The first kappa shape index (κ1) is 19.3. The second kappa shape index (κ2) is 8.90. The largest absolute Gasteiger partial charge is 0.342 e. The fourth-order valence-electron chi connectivity index (χ4n) is 2.66. The molecule has 1 heterocycles. The van der Waals surface area contributed by atoms with Gasteiger partial charge in [-0.2, -0.15) is 0 Å². The van der Waals surface area contributed by atoms with Crippen LogP contribution in [0.5, 0.6) is 0 Å². The highest BCUT2D eigenvalue weighted by Gasteiger charge is 2.17. The van der Waals surface area contributed by atoms with Gasteiger partial charge in [0.1, 0.15) is 5.56 Å². The number of aryl methyl sites for hydroxylation is 2. The third-order valence-electron chi connectivity index (χ3n) is 4.21. The van der Waals surface area contributed by atoms with Gasteiger partial charge in [0.2, 0.25) is 0 Å². The number of carbonyl (C=O) groups excluding carboxylic acids is 1. The van der Waals surface area contributed by atoms with Crippen LogP contribution in [0.2, 0.25) is 0 Å². The van der Waals surface area contributed by atoms with Crippen LogP contribution >= 0.6 is 11.8 Å². The number of hydrogen-bond acceptors (Lipinski definition) is 3. The van der Waals surface area contributed by atoms with Gasteiger partial charge < -0.3 is 9.47 Å². The average Bonchev–Trinajstić information content (AvgIpc) is 2.60. The Bertz CT molecular complexity index is 781. The van der Waals surface area contributed by atoms with Crippen molar-refractivity contribution in [2.24, 2.45) is 0 Å². The fourth-order valence-corrected chi connectivity index (χ4v) is 3.50. The van der Waals surface area contributed by atoms with Crippen molar-refractivity contribution in [2.75, 3.05) is 19.3 Å². The molecule has 0 atom stereocenters. The molecule has 0 bridgehead atoms. The second-order valence-corrected chi connectivity index (χ2v) is 7.35. The molecule has 0 saturated heterocycles. The molecule has 0 saturated carbocycles. The molecule has 0 aliphatic carbocycles. The highest BCUT2D eigenvalue weighted by Crippen LogP contribution is 2.19. The molecule has 0 aliphatic rings. The normalized spacial score (nSPS) is 10.7. The van der Waals surface area contributed by atoms with E-state index in [9.17, 15) is 9.59 Å². The third-order valence-corrected chi connectivity index (χ3v) is 5.31. The van der Waals surface area contributed by atoms with Gasteiger partial charge in [-0.15, -0.1) is 11.8 Å². The van der Waals surface area contributed by atoms with E-state index in [1.54, 1.807) is 34.3 Å². The van der Waals surface area contributed by atoms with Gasteiger partial charge in [0.15, 0.2) is 0 Å². The van der Waals surface area contributed by atoms with Crippen LogP contribution in [0.25, 0.3) is 0 Å². The molecule has 1 aromatic heterocycles. The summed E-state index contributed by atoms with van der Waals surface area (Å²) in [5.74, 6) is 0.737. The first-order chi connectivity index (χ1) is 11.9. The summed E-state index contributed by atoms with van der Waals surface area (Å²) in [6.07, 6.45) is 0.884. The molecule has 0 fully saturated rings. The minimum atomic E-state index is -0.201. The number of carbonyl (C=O) groups is 1. The van der Waals surface area contributed by atoms with Crippen LogP contribution in [0.1, 0.15) is 35.0 Å². The molecule has 0 N–H and O–H groups in total. The van der Waals surface area contributed by atoms with Crippen LogP contribution in [0.15, 0.2) is 46.1 Å². The van der Waals surface area contributed by atoms with E-state index in [1.807, 2.05) is 19.9 Å². The summed E-state index contributed by atoms with van der Waals surface area (Å²) < 4.78 is 1.63. The van der Waals surface area contributed by atoms with Crippen molar-refractivity contribution in [3.05, 3.63) is 63.6 Å². The van der Waals surface area contributed by atoms with Crippen molar-refractivity contribution in [3.63, 3.8) is 0 Å². The van der Waals surface area contributed by atoms with Gasteiger partial charge in [0.05, 0.1) is 0 Å². The van der Waals surface area contributed by atoms with Crippen molar-refractivity contribution < 1.29 is 4.79 Å². The number of benzene rings is 1. The monoisotopic (exact) mass is 358 g/mol.